The quantitative estimate of drug-likeness (QED) is 0.789. The molecular weight excluding hydrogens is 204 g/mol. The fourth-order valence-corrected chi connectivity index (χ4v) is 1.31. The van der Waals surface area contributed by atoms with Crippen LogP contribution in [0.3, 0.4) is 0 Å². The molecule has 0 rings (SSSR count). The van der Waals surface area contributed by atoms with Crippen LogP contribution in [0.5, 0.6) is 0 Å². The molecule has 0 aromatic heterocycles. The highest BCUT2D eigenvalue weighted by Crippen LogP contribution is 2.10. The van der Waals surface area contributed by atoms with Gasteiger partial charge < -0.3 is 15.4 Å². The van der Waals surface area contributed by atoms with Gasteiger partial charge in [0.25, 0.3) is 0 Å². The van der Waals surface area contributed by atoms with Crippen LogP contribution in [-0.4, -0.2) is 35.7 Å². The number of nitrogens with zero attached hydrogens (tertiary/aromatic N) is 1. The molecular formula is C12H26N2O2. The smallest absolute Gasteiger partial charge is 0.410 e. The van der Waals surface area contributed by atoms with Gasteiger partial charge in [0.05, 0.1) is 0 Å². The van der Waals surface area contributed by atoms with Gasteiger partial charge in [-0.1, -0.05) is 0 Å². The standard InChI is InChI=1S/C12H26N2O2/c1-6-14(9-7-8-10(2)13)11(15)16-12(3,4)5/h10H,6-9,13H2,1-5H3. The maximum atomic E-state index is 11.7. The second kappa shape index (κ2) is 6.74. The number of hydrogen-bond donors (Lipinski definition) is 1. The maximum Gasteiger partial charge on any atom is 0.410 e. The highest BCUT2D eigenvalue weighted by Gasteiger charge is 2.20. The van der Waals surface area contributed by atoms with Gasteiger partial charge in [-0.25, -0.2) is 4.79 Å². The Hall–Kier alpha value is -0.770. The average Bonchev–Trinajstić information content (AvgIpc) is 2.08. The Labute approximate surface area is 99.1 Å². The van der Waals surface area contributed by atoms with E-state index < -0.39 is 5.60 Å². The largest absolute Gasteiger partial charge is 0.444 e. The summed E-state index contributed by atoms with van der Waals surface area (Å²) in [6, 6.07) is 0.192. The Bertz CT molecular complexity index is 210. The lowest BCUT2D eigenvalue weighted by atomic mass is 10.2. The van der Waals surface area contributed by atoms with E-state index in [0.29, 0.717) is 13.1 Å². The summed E-state index contributed by atoms with van der Waals surface area (Å²) in [6.45, 7) is 10.9. The zero-order chi connectivity index (χ0) is 12.8. The van der Waals surface area contributed by atoms with E-state index in [1.165, 1.54) is 0 Å². The van der Waals surface area contributed by atoms with Crippen LogP contribution in [0.2, 0.25) is 0 Å². The third kappa shape index (κ3) is 7.51. The molecule has 0 saturated heterocycles. The van der Waals surface area contributed by atoms with Crippen LogP contribution >= 0.6 is 0 Å². The number of rotatable bonds is 5. The summed E-state index contributed by atoms with van der Waals surface area (Å²) in [5.41, 5.74) is 5.24. The van der Waals surface area contributed by atoms with E-state index in [1.54, 1.807) is 4.90 Å². The first-order valence-corrected chi connectivity index (χ1v) is 5.99. The van der Waals surface area contributed by atoms with Crippen molar-refractivity contribution in [2.24, 2.45) is 5.73 Å². The van der Waals surface area contributed by atoms with Gasteiger partial charge in [-0.15, -0.1) is 0 Å². The first-order chi connectivity index (χ1) is 7.26. The van der Waals surface area contributed by atoms with Crippen LogP contribution in [0.15, 0.2) is 0 Å². The van der Waals surface area contributed by atoms with E-state index in [9.17, 15) is 4.79 Å². The van der Waals surface area contributed by atoms with Gasteiger partial charge in [-0.05, 0) is 47.5 Å². The Morgan fingerprint density at radius 1 is 1.44 bits per heavy atom. The Balaban J connectivity index is 4.02. The Kier molecular flexibility index (Phi) is 6.41. The monoisotopic (exact) mass is 230 g/mol. The minimum atomic E-state index is -0.425. The topological polar surface area (TPSA) is 55.6 Å². The van der Waals surface area contributed by atoms with E-state index >= 15 is 0 Å². The van der Waals surface area contributed by atoms with Crippen molar-refractivity contribution in [1.82, 2.24) is 4.90 Å². The van der Waals surface area contributed by atoms with Crippen LogP contribution in [0, 0.1) is 0 Å². The number of carbonyl (C=O) groups is 1. The van der Waals surface area contributed by atoms with Crippen molar-refractivity contribution in [2.75, 3.05) is 13.1 Å². The lowest BCUT2D eigenvalue weighted by Crippen LogP contribution is -2.37. The summed E-state index contributed by atoms with van der Waals surface area (Å²) in [5, 5.41) is 0. The number of carbonyl (C=O) groups excluding carboxylic acids is 1. The molecule has 0 aliphatic heterocycles. The highest BCUT2D eigenvalue weighted by molar-refractivity contribution is 5.68. The normalized spacial score (nSPS) is 13.4. The van der Waals surface area contributed by atoms with Crippen LogP contribution in [0.4, 0.5) is 4.79 Å². The van der Waals surface area contributed by atoms with Crippen molar-refractivity contribution in [2.45, 2.75) is 59.1 Å². The summed E-state index contributed by atoms with van der Waals surface area (Å²) < 4.78 is 5.30. The molecule has 16 heavy (non-hydrogen) atoms. The van der Waals surface area contributed by atoms with E-state index in [-0.39, 0.29) is 12.1 Å². The number of amides is 1. The molecule has 1 atom stereocenters. The van der Waals surface area contributed by atoms with Gasteiger partial charge in [0.1, 0.15) is 5.60 Å². The number of ether oxygens (including phenoxy) is 1. The van der Waals surface area contributed by atoms with Crippen molar-refractivity contribution in [3.63, 3.8) is 0 Å². The first kappa shape index (κ1) is 15.2. The van der Waals surface area contributed by atoms with Gasteiger partial charge in [0.15, 0.2) is 0 Å². The van der Waals surface area contributed by atoms with Gasteiger partial charge in [-0.3, -0.25) is 0 Å². The fraction of sp³-hybridized carbons (Fsp3) is 0.917. The van der Waals surface area contributed by atoms with Crippen molar-refractivity contribution in [1.29, 1.82) is 0 Å². The molecule has 1 unspecified atom stereocenters. The fourth-order valence-electron chi connectivity index (χ4n) is 1.31. The van der Waals surface area contributed by atoms with Crippen molar-refractivity contribution in [3.8, 4) is 0 Å². The second-order valence-electron chi connectivity index (χ2n) is 5.18. The highest BCUT2D eigenvalue weighted by atomic mass is 16.6. The van der Waals surface area contributed by atoms with E-state index in [0.717, 1.165) is 12.8 Å². The number of hydrogen-bond acceptors (Lipinski definition) is 3. The molecule has 0 aliphatic carbocycles. The predicted molar refractivity (Wildman–Crippen MR) is 66.4 cm³/mol. The van der Waals surface area contributed by atoms with E-state index in [4.69, 9.17) is 10.5 Å². The van der Waals surface area contributed by atoms with Crippen LogP contribution in [0.25, 0.3) is 0 Å². The van der Waals surface area contributed by atoms with Crippen LogP contribution in [0.1, 0.15) is 47.5 Å². The predicted octanol–water partition coefficient (Wildman–Crippen LogP) is 2.37. The molecule has 1 amide bonds. The third-order valence-electron chi connectivity index (χ3n) is 2.12. The molecule has 0 bridgehead atoms. The Morgan fingerprint density at radius 2 is 2.00 bits per heavy atom. The SMILES string of the molecule is CCN(CCCC(C)N)C(=O)OC(C)(C)C. The van der Waals surface area contributed by atoms with Gasteiger partial charge in [0.2, 0.25) is 0 Å². The molecule has 0 aromatic rings. The number of nitrogens with two attached hydrogens (primary N) is 1. The zero-order valence-electron chi connectivity index (χ0n) is 11.2. The first-order valence-electron chi connectivity index (χ1n) is 5.99. The summed E-state index contributed by atoms with van der Waals surface area (Å²) in [4.78, 5) is 13.5. The summed E-state index contributed by atoms with van der Waals surface area (Å²) >= 11 is 0. The van der Waals surface area contributed by atoms with Gasteiger partial charge >= 0.3 is 6.09 Å². The third-order valence-corrected chi connectivity index (χ3v) is 2.12. The molecule has 0 aromatic carbocycles. The molecule has 0 spiro atoms. The van der Waals surface area contributed by atoms with E-state index in [1.807, 2.05) is 34.6 Å². The average molecular weight is 230 g/mol. The molecule has 0 saturated carbocycles. The molecule has 0 aliphatic rings. The minimum Gasteiger partial charge on any atom is -0.444 e. The molecule has 4 heteroatoms. The van der Waals surface area contributed by atoms with Crippen LogP contribution in [-0.2, 0) is 4.74 Å². The molecule has 0 heterocycles. The molecule has 4 nitrogen and oxygen atoms in total. The van der Waals surface area contributed by atoms with Gasteiger partial charge in [-0.2, -0.15) is 0 Å². The molecule has 96 valence electrons. The lowest BCUT2D eigenvalue weighted by molar-refractivity contribution is 0.0256. The summed E-state index contributed by atoms with van der Waals surface area (Å²) in [7, 11) is 0. The molecule has 0 fully saturated rings. The van der Waals surface area contributed by atoms with Crippen LogP contribution < -0.4 is 5.73 Å². The zero-order valence-corrected chi connectivity index (χ0v) is 11.2. The summed E-state index contributed by atoms with van der Waals surface area (Å²) in [6.07, 6.45) is 1.61. The Morgan fingerprint density at radius 3 is 2.38 bits per heavy atom. The van der Waals surface area contributed by atoms with Crippen molar-refractivity contribution >= 4 is 6.09 Å². The second-order valence-corrected chi connectivity index (χ2v) is 5.18. The van der Waals surface area contributed by atoms with Crippen molar-refractivity contribution in [3.05, 3.63) is 0 Å². The minimum absolute atomic E-state index is 0.192. The molecule has 0 radical (unpaired) electrons. The van der Waals surface area contributed by atoms with Gasteiger partial charge in [0, 0.05) is 19.1 Å². The summed E-state index contributed by atoms with van der Waals surface area (Å²) in [5.74, 6) is 0. The van der Waals surface area contributed by atoms with E-state index in [2.05, 4.69) is 0 Å². The molecule has 2 N–H and O–H groups in total. The maximum absolute atomic E-state index is 11.7. The lowest BCUT2D eigenvalue weighted by Gasteiger charge is -2.26. The van der Waals surface area contributed by atoms with Crippen molar-refractivity contribution < 1.29 is 9.53 Å².